The van der Waals surface area contributed by atoms with Gasteiger partial charge in [0.05, 0.1) is 32.4 Å². The molecule has 168 valence electrons. The average Bonchev–Trinajstić information content (AvgIpc) is 3.38. The van der Waals surface area contributed by atoms with Crippen molar-refractivity contribution in [2.45, 2.75) is 25.8 Å². The predicted octanol–water partition coefficient (Wildman–Crippen LogP) is 2.89. The third-order valence-electron chi connectivity index (χ3n) is 6.39. The van der Waals surface area contributed by atoms with E-state index < -0.39 is 0 Å². The van der Waals surface area contributed by atoms with E-state index in [4.69, 9.17) is 14.5 Å². The molecule has 2 atom stereocenters. The van der Waals surface area contributed by atoms with E-state index in [9.17, 15) is 4.39 Å². The first-order valence-corrected chi connectivity index (χ1v) is 10.9. The fraction of sp³-hybridized carbons (Fsp3) is 0.682. The number of ether oxygens (including phenoxy) is 2. The number of nitrogens with one attached hydrogen (secondary N) is 1. The van der Waals surface area contributed by atoms with Gasteiger partial charge in [-0.25, -0.2) is 4.39 Å². The zero-order valence-electron chi connectivity index (χ0n) is 17.8. The Labute approximate surface area is 196 Å². The molecule has 1 aromatic rings. The minimum absolute atomic E-state index is 0. The van der Waals surface area contributed by atoms with Crippen molar-refractivity contribution < 1.29 is 13.9 Å². The molecule has 30 heavy (non-hydrogen) atoms. The van der Waals surface area contributed by atoms with Crippen molar-refractivity contribution in [2.75, 3.05) is 65.7 Å². The van der Waals surface area contributed by atoms with Gasteiger partial charge in [0.15, 0.2) is 5.96 Å². The van der Waals surface area contributed by atoms with Crippen LogP contribution in [0.25, 0.3) is 0 Å². The van der Waals surface area contributed by atoms with Crippen molar-refractivity contribution >= 4 is 29.9 Å². The number of nitrogens with zero attached hydrogens (tertiary/aromatic N) is 3. The summed E-state index contributed by atoms with van der Waals surface area (Å²) in [5.74, 6) is 0.769. The highest BCUT2D eigenvalue weighted by molar-refractivity contribution is 14.0. The molecular weight excluding hydrogens is 498 g/mol. The zero-order chi connectivity index (χ0) is 20.1. The highest BCUT2D eigenvalue weighted by Crippen LogP contribution is 2.38. The van der Waals surface area contributed by atoms with E-state index in [1.54, 1.807) is 12.1 Å². The molecular formula is C22H34FIN4O2. The van der Waals surface area contributed by atoms with E-state index in [0.29, 0.717) is 25.2 Å². The van der Waals surface area contributed by atoms with Crippen LogP contribution in [0.4, 0.5) is 4.39 Å². The normalized spacial score (nSPS) is 26.1. The Hall–Kier alpha value is -0.970. The second-order valence-corrected chi connectivity index (χ2v) is 8.39. The average molecular weight is 532 g/mol. The van der Waals surface area contributed by atoms with Crippen LogP contribution in [-0.2, 0) is 9.47 Å². The molecule has 0 amide bonds. The van der Waals surface area contributed by atoms with E-state index in [1.165, 1.54) is 6.07 Å². The summed E-state index contributed by atoms with van der Waals surface area (Å²) in [5, 5.41) is 3.47. The molecule has 1 spiro atoms. The van der Waals surface area contributed by atoms with Crippen LogP contribution in [0.1, 0.15) is 31.4 Å². The molecule has 1 aromatic carbocycles. The fourth-order valence-corrected chi connectivity index (χ4v) is 4.72. The number of likely N-dealkylation sites (tertiary alicyclic amines) is 1. The summed E-state index contributed by atoms with van der Waals surface area (Å²) < 4.78 is 25.1. The van der Waals surface area contributed by atoms with E-state index in [-0.39, 0.29) is 35.8 Å². The molecule has 0 aliphatic carbocycles. The van der Waals surface area contributed by atoms with E-state index in [2.05, 4.69) is 22.0 Å². The molecule has 3 heterocycles. The van der Waals surface area contributed by atoms with Gasteiger partial charge in [0.2, 0.25) is 0 Å². The lowest BCUT2D eigenvalue weighted by Gasteiger charge is -2.34. The van der Waals surface area contributed by atoms with Crippen LogP contribution in [0.5, 0.6) is 0 Å². The van der Waals surface area contributed by atoms with Gasteiger partial charge < -0.3 is 19.7 Å². The zero-order valence-corrected chi connectivity index (χ0v) is 20.1. The van der Waals surface area contributed by atoms with E-state index in [1.807, 2.05) is 6.07 Å². The Morgan fingerprint density at radius 1 is 1.20 bits per heavy atom. The van der Waals surface area contributed by atoms with Crippen LogP contribution < -0.4 is 5.32 Å². The number of halogens is 2. The van der Waals surface area contributed by atoms with Gasteiger partial charge in [-0.05, 0) is 37.5 Å². The first kappa shape index (κ1) is 23.7. The summed E-state index contributed by atoms with van der Waals surface area (Å²) in [6, 6.07) is 6.99. The number of guanidine groups is 1. The van der Waals surface area contributed by atoms with E-state index in [0.717, 1.165) is 70.3 Å². The van der Waals surface area contributed by atoms with Crippen LogP contribution >= 0.6 is 24.0 Å². The van der Waals surface area contributed by atoms with Crippen molar-refractivity contribution in [1.29, 1.82) is 0 Å². The van der Waals surface area contributed by atoms with Gasteiger partial charge >= 0.3 is 0 Å². The Kier molecular flexibility index (Phi) is 8.73. The first-order chi connectivity index (χ1) is 14.2. The summed E-state index contributed by atoms with van der Waals surface area (Å²) in [5.41, 5.74) is 1.27. The van der Waals surface area contributed by atoms with Gasteiger partial charge in [0.1, 0.15) is 5.82 Å². The van der Waals surface area contributed by atoms with Crippen molar-refractivity contribution in [3.63, 3.8) is 0 Å². The summed E-state index contributed by atoms with van der Waals surface area (Å²) >= 11 is 0. The standard InChI is InChI=1S/C22H33FN4O2.HI/c1-2-24-21(27-8-6-22(16-27)7-11-29-17-22)25-15-20(26-9-12-28-13-10-26)18-4-3-5-19(23)14-18;/h3-5,14,20H,2,6-13,15-17H2,1H3,(H,24,25);1H. The Morgan fingerprint density at radius 3 is 2.73 bits per heavy atom. The largest absolute Gasteiger partial charge is 0.381 e. The molecule has 3 saturated heterocycles. The first-order valence-electron chi connectivity index (χ1n) is 10.9. The van der Waals surface area contributed by atoms with Crippen LogP contribution in [-0.4, -0.2) is 81.5 Å². The topological polar surface area (TPSA) is 49.3 Å². The van der Waals surface area contributed by atoms with E-state index >= 15 is 0 Å². The molecule has 0 radical (unpaired) electrons. The number of hydrogen-bond donors (Lipinski definition) is 1. The lowest BCUT2D eigenvalue weighted by atomic mass is 9.87. The predicted molar refractivity (Wildman–Crippen MR) is 127 cm³/mol. The van der Waals surface area contributed by atoms with Crippen molar-refractivity contribution in [3.05, 3.63) is 35.6 Å². The summed E-state index contributed by atoms with van der Waals surface area (Å²) in [6.07, 6.45) is 2.30. The number of morpholine rings is 1. The molecule has 3 aliphatic heterocycles. The maximum Gasteiger partial charge on any atom is 0.194 e. The number of aliphatic imine (C=N–C) groups is 1. The SMILES string of the molecule is CCNC(=NCC(c1cccc(F)c1)N1CCOCC1)N1CCC2(CCOC2)C1.I. The highest BCUT2D eigenvalue weighted by Gasteiger charge is 2.42. The molecule has 0 aromatic heterocycles. The monoisotopic (exact) mass is 532 g/mol. The van der Waals surface area contributed by atoms with Crippen LogP contribution in [0.15, 0.2) is 29.3 Å². The van der Waals surface area contributed by atoms with Crippen molar-refractivity contribution in [1.82, 2.24) is 15.1 Å². The minimum atomic E-state index is -0.195. The van der Waals surface area contributed by atoms with Gasteiger partial charge in [-0.1, -0.05) is 12.1 Å². The van der Waals surface area contributed by atoms with Crippen molar-refractivity contribution in [2.24, 2.45) is 10.4 Å². The fourth-order valence-electron chi connectivity index (χ4n) is 4.72. The highest BCUT2D eigenvalue weighted by atomic mass is 127. The Balaban J connectivity index is 0.00000256. The van der Waals surface area contributed by atoms with Gasteiger partial charge in [-0.2, -0.15) is 0 Å². The van der Waals surface area contributed by atoms with Gasteiger partial charge in [0, 0.05) is 44.7 Å². The molecule has 2 unspecified atom stereocenters. The number of rotatable bonds is 5. The summed E-state index contributed by atoms with van der Waals surface area (Å²) in [7, 11) is 0. The third-order valence-corrected chi connectivity index (χ3v) is 6.39. The van der Waals surface area contributed by atoms with Crippen LogP contribution in [0.2, 0.25) is 0 Å². The summed E-state index contributed by atoms with van der Waals surface area (Å²) in [4.78, 5) is 9.76. The minimum Gasteiger partial charge on any atom is -0.381 e. The molecule has 0 saturated carbocycles. The molecule has 3 fully saturated rings. The van der Waals surface area contributed by atoms with Crippen molar-refractivity contribution in [3.8, 4) is 0 Å². The quantitative estimate of drug-likeness (QED) is 0.359. The number of benzene rings is 1. The third kappa shape index (κ3) is 5.63. The smallest absolute Gasteiger partial charge is 0.194 e. The molecule has 4 rings (SSSR count). The van der Waals surface area contributed by atoms with Crippen LogP contribution in [0.3, 0.4) is 0 Å². The Morgan fingerprint density at radius 2 is 2.03 bits per heavy atom. The molecule has 0 bridgehead atoms. The lowest BCUT2D eigenvalue weighted by molar-refractivity contribution is 0.0179. The molecule has 1 N–H and O–H groups in total. The molecule has 6 nitrogen and oxygen atoms in total. The lowest BCUT2D eigenvalue weighted by Crippen LogP contribution is -2.43. The Bertz CT molecular complexity index is 708. The summed E-state index contributed by atoms with van der Waals surface area (Å²) in [6.45, 7) is 10.4. The maximum absolute atomic E-state index is 13.9. The van der Waals surface area contributed by atoms with Gasteiger partial charge in [0.25, 0.3) is 0 Å². The molecule has 3 aliphatic rings. The van der Waals surface area contributed by atoms with Gasteiger partial charge in [-0.3, -0.25) is 9.89 Å². The molecule has 8 heteroatoms. The van der Waals surface area contributed by atoms with Gasteiger partial charge in [-0.15, -0.1) is 24.0 Å². The second kappa shape index (κ2) is 11.1. The number of hydrogen-bond acceptors (Lipinski definition) is 4. The van der Waals surface area contributed by atoms with Crippen LogP contribution in [0, 0.1) is 11.2 Å². The maximum atomic E-state index is 13.9. The second-order valence-electron chi connectivity index (χ2n) is 8.39.